The molecule has 0 saturated carbocycles. The smallest absolute Gasteiger partial charge is 0.243 e. The summed E-state index contributed by atoms with van der Waals surface area (Å²) in [7, 11) is -3.53. The van der Waals surface area contributed by atoms with E-state index in [2.05, 4.69) is 11.8 Å². The summed E-state index contributed by atoms with van der Waals surface area (Å²) in [5.74, 6) is 5.17. The van der Waals surface area contributed by atoms with Crippen molar-refractivity contribution in [2.45, 2.75) is 24.3 Å². The molecule has 1 aromatic rings. The minimum absolute atomic E-state index is 0.0665. The van der Waals surface area contributed by atoms with E-state index in [0.717, 1.165) is 0 Å². The van der Waals surface area contributed by atoms with Crippen LogP contribution in [0.2, 0.25) is 0 Å². The second kappa shape index (κ2) is 6.58. The average molecular weight is 309 g/mol. The maximum atomic E-state index is 12.5. The lowest BCUT2D eigenvalue weighted by molar-refractivity contribution is 0.0628. The monoisotopic (exact) mass is 309 g/mol. The zero-order valence-corrected chi connectivity index (χ0v) is 12.7. The Bertz CT molecular complexity index is 642. The Labute approximate surface area is 125 Å². The summed E-state index contributed by atoms with van der Waals surface area (Å²) in [6.45, 7) is 2.28. The molecular formula is C15H19NO4S. The highest BCUT2D eigenvalue weighted by Gasteiger charge is 2.32. The van der Waals surface area contributed by atoms with Gasteiger partial charge < -0.3 is 10.2 Å². The molecule has 21 heavy (non-hydrogen) atoms. The molecular weight excluding hydrogens is 290 g/mol. The van der Waals surface area contributed by atoms with E-state index in [1.165, 1.54) is 16.4 Å². The number of aliphatic hydroxyl groups is 2. The first-order chi connectivity index (χ1) is 9.95. The summed E-state index contributed by atoms with van der Waals surface area (Å²) in [6.07, 6.45) is 0.0214. The van der Waals surface area contributed by atoms with Gasteiger partial charge in [0.05, 0.1) is 11.0 Å². The second-order valence-corrected chi connectivity index (χ2v) is 7.12. The van der Waals surface area contributed by atoms with E-state index < -0.39 is 16.1 Å². The van der Waals surface area contributed by atoms with Crippen LogP contribution in [0.4, 0.5) is 0 Å². The maximum absolute atomic E-state index is 12.5. The third-order valence-electron chi connectivity index (χ3n) is 3.63. The summed E-state index contributed by atoms with van der Waals surface area (Å²) >= 11 is 0. The molecule has 1 fully saturated rings. The molecule has 0 radical (unpaired) electrons. The molecule has 114 valence electrons. The topological polar surface area (TPSA) is 77.8 Å². The zero-order valence-electron chi connectivity index (χ0n) is 11.9. The van der Waals surface area contributed by atoms with Crippen LogP contribution in [0.25, 0.3) is 0 Å². The molecule has 2 unspecified atom stereocenters. The van der Waals surface area contributed by atoms with Crippen LogP contribution in [0.5, 0.6) is 0 Å². The van der Waals surface area contributed by atoms with Crippen LogP contribution in [0.3, 0.4) is 0 Å². The SMILES string of the molecule is CC1CN(S(=O)(=O)c2ccc(C#CCO)cc2)CCC1O. The van der Waals surface area contributed by atoms with Crippen molar-refractivity contribution in [1.82, 2.24) is 4.31 Å². The fraction of sp³-hybridized carbons (Fsp3) is 0.467. The number of sulfonamides is 1. The van der Waals surface area contributed by atoms with Gasteiger partial charge in [0, 0.05) is 18.7 Å². The molecule has 1 aliphatic rings. The van der Waals surface area contributed by atoms with Crippen molar-refractivity contribution in [3.63, 3.8) is 0 Å². The van der Waals surface area contributed by atoms with Crippen LogP contribution >= 0.6 is 0 Å². The van der Waals surface area contributed by atoms with Crippen molar-refractivity contribution in [2.75, 3.05) is 19.7 Å². The summed E-state index contributed by atoms with van der Waals surface area (Å²) in [6, 6.07) is 6.29. The summed E-state index contributed by atoms with van der Waals surface area (Å²) in [4.78, 5) is 0.223. The van der Waals surface area contributed by atoms with Gasteiger partial charge >= 0.3 is 0 Å². The Morgan fingerprint density at radius 1 is 1.33 bits per heavy atom. The lowest BCUT2D eigenvalue weighted by Crippen LogP contribution is -2.44. The van der Waals surface area contributed by atoms with Gasteiger partial charge in [0.15, 0.2) is 0 Å². The van der Waals surface area contributed by atoms with Crippen LogP contribution in [0.1, 0.15) is 18.9 Å². The summed E-state index contributed by atoms with van der Waals surface area (Å²) in [5.41, 5.74) is 0.658. The van der Waals surface area contributed by atoms with E-state index in [4.69, 9.17) is 5.11 Å². The fourth-order valence-electron chi connectivity index (χ4n) is 2.31. The predicted molar refractivity (Wildman–Crippen MR) is 79.0 cm³/mol. The second-order valence-electron chi connectivity index (χ2n) is 5.18. The van der Waals surface area contributed by atoms with Crippen molar-refractivity contribution in [3.8, 4) is 11.8 Å². The minimum Gasteiger partial charge on any atom is -0.393 e. The first-order valence-corrected chi connectivity index (χ1v) is 8.27. The van der Waals surface area contributed by atoms with E-state index in [1.807, 2.05) is 6.92 Å². The molecule has 2 atom stereocenters. The van der Waals surface area contributed by atoms with Crippen molar-refractivity contribution < 1.29 is 18.6 Å². The Hall–Kier alpha value is -1.39. The number of hydrogen-bond donors (Lipinski definition) is 2. The number of hydrogen-bond acceptors (Lipinski definition) is 4. The van der Waals surface area contributed by atoms with Crippen molar-refractivity contribution in [2.24, 2.45) is 5.92 Å². The minimum atomic E-state index is -3.53. The van der Waals surface area contributed by atoms with E-state index in [9.17, 15) is 13.5 Å². The van der Waals surface area contributed by atoms with Crippen molar-refractivity contribution >= 4 is 10.0 Å². The zero-order chi connectivity index (χ0) is 15.5. The lowest BCUT2D eigenvalue weighted by Gasteiger charge is -2.33. The fourth-order valence-corrected chi connectivity index (χ4v) is 3.87. The Morgan fingerprint density at radius 2 is 2.00 bits per heavy atom. The highest BCUT2D eigenvalue weighted by molar-refractivity contribution is 7.89. The van der Waals surface area contributed by atoms with E-state index in [-0.39, 0.29) is 17.4 Å². The quantitative estimate of drug-likeness (QED) is 0.776. The third-order valence-corrected chi connectivity index (χ3v) is 5.51. The number of benzene rings is 1. The normalized spacial score (nSPS) is 23.4. The molecule has 2 N–H and O–H groups in total. The number of nitrogens with zero attached hydrogens (tertiary/aromatic N) is 1. The number of piperidine rings is 1. The van der Waals surface area contributed by atoms with Gasteiger partial charge in [-0.3, -0.25) is 0 Å². The largest absolute Gasteiger partial charge is 0.393 e. The maximum Gasteiger partial charge on any atom is 0.243 e. The first kappa shape index (κ1) is 16.0. The van der Waals surface area contributed by atoms with Gasteiger partial charge in [-0.25, -0.2) is 8.42 Å². The van der Waals surface area contributed by atoms with Crippen LogP contribution in [-0.2, 0) is 10.0 Å². The van der Waals surface area contributed by atoms with Gasteiger partial charge in [-0.05, 0) is 36.6 Å². The van der Waals surface area contributed by atoms with Crippen molar-refractivity contribution in [1.29, 1.82) is 0 Å². The highest BCUT2D eigenvalue weighted by atomic mass is 32.2. The van der Waals surface area contributed by atoms with E-state index in [1.54, 1.807) is 12.1 Å². The van der Waals surface area contributed by atoms with Gasteiger partial charge in [-0.15, -0.1) is 0 Å². The van der Waals surface area contributed by atoms with Gasteiger partial charge in [-0.2, -0.15) is 4.31 Å². The summed E-state index contributed by atoms with van der Waals surface area (Å²) < 4.78 is 26.5. The molecule has 5 nitrogen and oxygen atoms in total. The molecule has 0 aromatic heterocycles. The average Bonchev–Trinajstić information content (AvgIpc) is 2.48. The predicted octanol–water partition coefficient (Wildman–Crippen LogP) is 0.422. The van der Waals surface area contributed by atoms with Crippen LogP contribution < -0.4 is 0 Å². The molecule has 2 rings (SSSR count). The lowest BCUT2D eigenvalue weighted by atomic mass is 9.99. The van der Waals surface area contributed by atoms with Crippen LogP contribution in [-0.4, -0.2) is 48.7 Å². The molecule has 6 heteroatoms. The van der Waals surface area contributed by atoms with Crippen LogP contribution in [0.15, 0.2) is 29.2 Å². The number of rotatable bonds is 2. The summed E-state index contributed by atoms with van der Waals surface area (Å²) in [5, 5.41) is 18.3. The molecule has 0 spiro atoms. The molecule has 1 aromatic carbocycles. The molecule has 1 aliphatic heterocycles. The van der Waals surface area contributed by atoms with Gasteiger partial charge in [0.2, 0.25) is 10.0 Å². The van der Waals surface area contributed by atoms with Gasteiger partial charge in [-0.1, -0.05) is 18.8 Å². The standard InChI is InChI=1S/C15H19NO4S/c1-12-11-16(9-8-15(12)18)21(19,20)14-6-4-13(5-7-14)3-2-10-17/h4-7,12,15,17-18H,8-11H2,1H3. The molecule has 1 saturated heterocycles. The highest BCUT2D eigenvalue weighted by Crippen LogP contribution is 2.23. The molecule has 0 bridgehead atoms. The molecule has 0 aliphatic carbocycles. The Morgan fingerprint density at radius 3 is 2.57 bits per heavy atom. The molecule has 1 heterocycles. The van der Waals surface area contributed by atoms with Crippen molar-refractivity contribution in [3.05, 3.63) is 29.8 Å². The Kier molecular flexibility index (Phi) is 5.01. The molecule has 0 amide bonds. The van der Waals surface area contributed by atoms with Gasteiger partial charge in [0.25, 0.3) is 0 Å². The Balaban J connectivity index is 2.20. The van der Waals surface area contributed by atoms with Gasteiger partial charge in [0.1, 0.15) is 6.61 Å². The van der Waals surface area contributed by atoms with Crippen LogP contribution in [0, 0.1) is 17.8 Å². The number of aliphatic hydroxyl groups excluding tert-OH is 2. The third kappa shape index (κ3) is 3.63. The van der Waals surface area contributed by atoms with E-state index in [0.29, 0.717) is 25.1 Å². The first-order valence-electron chi connectivity index (χ1n) is 6.83. The van der Waals surface area contributed by atoms with E-state index >= 15 is 0 Å².